The molecule has 1 aliphatic rings. The van der Waals surface area contributed by atoms with Crippen LogP contribution >= 0.6 is 23.1 Å². The van der Waals surface area contributed by atoms with Crippen LogP contribution in [0, 0.1) is 0 Å². The first kappa shape index (κ1) is 25.4. The minimum Gasteiger partial charge on any atom is -0.481 e. The highest BCUT2D eigenvalue weighted by Crippen LogP contribution is 2.26. The fraction of sp³-hybridized carbons (Fsp3) is 0.462. The van der Waals surface area contributed by atoms with Crippen molar-refractivity contribution in [2.45, 2.75) is 38.0 Å². The number of methoxy groups -OCH3 is 1. The second-order valence-corrected chi connectivity index (χ2v) is 10.7. The number of aryl methyl sites for hydroxylation is 1. The number of carbonyl (C=O) groups is 1. The molecule has 9 heteroatoms. The summed E-state index contributed by atoms with van der Waals surface area (Å²) >= 11 is 3.73. The molecule has 1 unspecified atom stereocenters. The van der Waals surface area contributed by atoms with Crippen molar-refractivity contribution in [1.82, 2.24) is 15.0 Å². The molecular weight excluding hydrogens is 478 g/mol. The molecule has 7 nitrogen and oxygen atoms in total. The lowest BCUT2D eigenvalue weighted by Crippen LogP contribution is -2.32. The average Bonchev–Trinajstić information content (AvgIpc) is 3.36. The number of anilines is 2. The summed E-state index contributed by atoms with van der Waals surface area (Å²) in [7, 11) is 1.60. The number of rotatable bonds is 13. The molecule has 35 heavy (non-hydrogen) atoms. The number of ether oxygens (including phenoxy) is 1. The summed E-state index contributed by atoms with van der Waals surface area (Å²) in [5.74, 6) is 4.00. The molecule has 0 spiro atoms. The number of carbonyl (C=O) groups excluding carboxylic acids is 1. The highest BCUT2D eigenvalue weighted by Gasteiger charge is 2.15. The highest BCUT2D eigenvalue weighted by molar-refractivity contribution is 7.99. The van der Waals surface area contributed by atoms with Crippen molar-refractivity contribution in [1.29, 1.82) is 0 Å². The summed E-state index contributed by atoms with van der Waals surface area (Å²) in [6.45, 7) is 3.12. The first-order valence-corrected chi connectivity index (χ1v) is 14.2. The largest absolute Gasteiger partial charge is 0.481 e. The van der Waals surface area contributed by atoms with E-state index in [1.165, 1.54) is 17.2 Å². The fourth-order valence-corrected chi connectivity index (χ4v) is 5.93. The zero-order valence-corrected chi connectivity index (χ0v) is 21.8. The van der Waals surface area contributed by atoms with Gasteiger partial charge < -0.3 is 19.7 Å². The zero-order chi connectivity index (χ0) is 24.3. The standard InChI is InChI=1S/C26H33N5O2S2/c1-33-25-6-5-21(18-29-25)20(8-13-32)16-22-19-35-26(30-22)4-2-3-9-27-24-17-23(7-10-28-24)31-11-14-34-15-12-31/h5-7,10,13,17-20H,2-4,8-9,11-12,14-16H2,1H3,(H,27,28). The van der Waals surface area contributed by atoms with Crippen LogP contribution in [0.4, 0.5) is 11.5 Å². The highest BCUT2D eigenvalue weighted by atomic mass is 32.2. The van der Waals surface area contributed by atoms with Crippen LogP contribution in [0.2, 0.25) is 0 Å². The number of aromatic nitrogens is 3. The van der Waals surface area contributed by atoms with Crippen LogP contribution in [0.3, 0.4) is 0 Å². The number of unbranched alkanes of at least 4 members (excludes halogenated alkanes) is 1. The van der Waals surface area contributed by atoms with Crippen molar-refractivity contribution in [3.8, 4) is 5.88 Å². The van der Waals surface area contributed by atoms with Crippen molar-refractivity contribution in [3.05, 3.63) is 58.3 Å². The van der Waals surface area contributed by atoms with Gasteiger partial charge in [-0.05, 0) is 43.2 Å². The molecule has 4 heterocycles. The molecule has 0 aromatic carbocycles. The van der Waals surface area contributed by atoms with E-state index in [1.54, 1.807) is 24.6 Å². The monoisotopic (exact) mass is 511 g/mol. The first-order valence-electron chi connectivity index (χ1n) is 12.1. The van der Waals surface area contributed by atoms with Gasteiger partial charge in [0.2, 0.25) is 5.88 Å². The third-order valence-electron chi connectivity index (χ3n) is 6.12. The molecule has 0 radical (unpaired) electrons. The normalized spacial score (nSPS) is 14.5. The summed E-state index contributed by atoms with van der Waals surface area (Å²) in [5, 5.41) is 6.75. The van der Waals surface area contributed by atoms with Gasteiger partial charge >= 0.3 is 0 Å². The number of nitrogens with one attached hydrogen (secondary N) is 1. The smallest absolute Gasteiger partial charge is 0.212 e. The van der Waals surface area contributed by atoms with E-state index in [9.17, 15) is 4.79 Å². The van der Waals surface area contributed by atoms with E-state index >= 15 is 0 Å². The Labute approximate surface area is 215 Å². The number of thioether (sulfide) groups is 1. The number of thiazole rings is 1. The molecule has 186 valence electrons. The predicted molar refractivity (Wildman–Crippen MR) is 145 cm³/mol. The second kappa shape index (κ2) is 13.4. The summed E-state index contributed by atoms with van der Waals surface area (Å²) in [4.78, 5) is 27.3. The van der Waals surface area contributed by atoms with E-state index in [0.29, 0.717) is 12.3 Å². The summed E-state index contributed by atoms with van der Waals surface area (Å²) in [5.41, 5.74) is 3.34. The van der Waals surface area contributed by atoms with Crippen molar-refractivity contribution in [2.24, 2.45) is 0 Å². The average molecular weight is 512 g/mol. The van der Waals surface area contributed by atoms with E-state index in [2.05, 4.69) is 37.7 Å². The lowest BCUT2D eigenvalue weighted by Gasteiger charge is -2.28. The zero-order valence-electron chi connectivity index (χ0n) is 20.2. The molecule has 1 aliphatic heterocycles. The maximum Gasteiger partial charge on any atom is 0.212 e. The Balaban J connectivity index is 1.21. The molecule has 3 aromatic rings. The van der Waals surface area contributed by atoms with E-state index in [0.717, 1.165) is 73.7 Å². The number of hydrogen-bond donors (Lipinski definition) is 1. The van der Waals surface area contributed by atoms with Crippen LogP contribution in [0.5, 0.6) is 5.88 Å². The van der Waals surface area contributed by atoms with Crippen LogP contribution in [0.15, 0.2) is 42.0 Å². The lowest BCUT2D eigenvalue weighted by atomic mass is 9.93. The van der Waals surface area contributed by atoms with E-state index in [4.69, 9.17) is 9.72 Å². The Morgan fingerprint density at radius 2 is 2.09 bits per heavy atom. The molecule has 3 aromatic heterocycles. The van der Waals surface area contributed by atoms with Gasteiger partial charge in [0.05, 0.1) is 17.8 Å². The fourth-order valence-electron chi connectivity index (χ4n) is 4.17. The molecule has 0 amide bonds. The van der Waals surface area contributed by atoms with Gasteiger partial charge in [0.25, 0.3) is 0 Å². The quantitative estimate of drug-likeness (QED) is 0.258. The van der Waals surface area contributed by atoms with Gasteiger partial charge in [-0.1, -0.05) is 6.07 Å². The Kier molecular flexibility index (Phi) is 9.77. The summed E-state index contributed by atoms with van der Waals surface area (Å²) in [6, 6.07) is 8.09. The number of nitrogens with zero attached hydrogens (tertiary/aromatic N) is 4. The van der Waals surface area contributed by atoms with Crippen molar-refractivity contribution in [2.75, 3.05) is 48.5 Å². The van der Waals surface area contributed by atoms with Crippen LogP contribution in [-0.2, 0) is 17.6 Å². The lowest BCUT2D eigenvalue weighted by molar-refractivity contribution is -0.108. The van der Waals surface area contributed by atoms with Gasteiger partial charge in [0.1, 0.15) is 12.1 Å². The number of aldehydes is 1. The van der Waals surface area contributed by atoms with Crippen molar-refractivity contribution >= 4 is 40.9 Å². The Bertz CT molecular complexity index is 1050. The molecule has 4 rings (SSSR count). The molecular formula is C26H33N5O2S2. The Hall–Kier alpha value is -2.65. The van der Waals surface area contributed by atoms with Crippen LogP contribution in [0.25, 0.3) is 0 Å². The predicted octanol–water partition coefficient (Wildman–Crippen LogP) is 4.85. The summed E-state index contributed by atoms with van der Waals surface area (Å²) in [6.07, 6.45) is 8.97. The number of hydrogen-bond acceptors (Lipinski definition) is 9. The first-order chi connectivity index (χ1) is 17.2. The van der Waals surface area contributed by atoms with Gasteiger partial charge in [0.15, 0.2) is 0 Å². The minimum absolute atomic E-state index is 0.0806. The van der Waals surface area contributed by atoms with E-state index in [-0.39, 0.29) is 5.92 Å². The van der Waals surface area contributed by atoms with Crippen LogP contribution in [-0.4, -0.2) is 59.5 Å². The molecule has 1 N–H and O–H groups in total. The van der Waals surface area contributed by atoms with Gasteiger partial charge in [-0.25, -0.2) is 15.0 Å². The Morgan fingerprint density at radius 3 is 2.86 bits per heavy atom. The number of pyridine rings is 2. The van der Waals surface area contributed by atoms with Crippen LogP contribution in [0.1, 0.15) is 41.4 Å². The van der Waals surface area contributed by atoms with Crippen LogP contribution < -0.4 is 15.0 Å². The van der Waals surface area contributed by atoms with Gasteiger partial charge in [-0.2, -0.15) is 11.8 Å². The molecule has 1 atom stereocenters. The van der Waals surface area contributed by atoms with Crippen molar-refractivity contribution in [3.63, 3.8) is 0 Å². The van der Waals surface area contributed by atoms with E-state index < -0.39 is 0 Å². The third-order valence-corrected chi connectivity index (χ3v) is 8.02. The maximum atomic E-state index is 11.2. The molecule has 0 aliphatic carbocycles. The second-order valence-electron chi connectivity index (χ2n) is 8.55. The van der Waals surface area contributed by atoms with Gasteiger partial charge in [-0.3, -0.25) is 0 Å². The summed E-state index contributed by atoms with van der Waals surface area (Å²) < 4.78 is 5.14. The molecule has 1 saturated heterocycles. The van der Waals surface area contributed by atoms with E-state index in [1.807, 2.05) is 30.1 Å². The molecule has 0 bridgehead atoms. The van der Waals surface area contributed by atoms with Gasteiger partial charge in [0, 0.05) is 73.2 Å². The molecule has 1 fully saturated rings. The third kappa shape index (κ3) is 7.67. The van der Waals surface area contributed by atoms with Crippen molar-refractivity contribution < 1.29 is 9.53 Å². The minimum atomic E-state index is 0.0806. The Morgan fingerprint density at radius 1 is 1.20 bits per heavy atom. The van der Waals surface area contributed by atoms with Gasteiger partial charge in [-0.15, -0.1) is 11.3 Å². The SMILES string of the molecule is COc1ccc(C(CC=O)Cc2csc(CCCCNc3cc(N4CCSCC4)ccn3)n2)cn1. The topological polar surface area (TPSA) is 80.2 Å². The maximum absolute atomic E-state index is 11.2. The molecule has 0 saturated carbocycles.